The summed E-state index contributed by atoms with van der Waals surface area (Å²) >= 11 is 0. The maximum Gasteiger partial charge on any atom is 0.251 e. The van der Waals surface area contributed by atoms with Crippen LogP contribution in [0.25, 0.3) is 0 Å². The van der Waals surface area contributed by atoms with Crippen molar-refractivity contribution >= 4 is 5.91 Å². The number of aliphatic hydroxyl groups is 1. The van der Waals surface area contributed by atoms with Crippen molar-refractivity contribution < 1.29 is 9.90 Å². The number of aliphatic hydroxyl groups excluding tert-OH is 1. The zero-order valence-electron chi connectivity index (χ0n) is 12.8. The van der Waals surface area contributed by atoms with Crippen molar-refractivity contribution in [2.75, 3.05) is 20.2 Å². The maximum atomic E-state index is 11.7. The lowest BCUT2D eigenvalue weighted by atomic mass is 10.1. The highest BCUT2D eigenvalue weighted by Crippen LogP contribution is 2.11. The molecule has 0 saturated carbocycles. The number of nitrogens with zero attached hydrogens (tertiary/aromatic N) is 1. The van der Waals surface area contributed by atoms with E-state index in [1.807, 2.05) is 36.4 Å². The number of rotatable bonds is 7. The van der Waals surface area contributed by atoms with Crippen LogP contribution in [0.4, 0.5) is 0 Å². The molecule has 0 aliphatic heterocycles. The van der Waals surface area contributed by atoms with Gasteiger partial charge in [0.05, 0.1) is 6.61 Å². The van der Waals surface area contributed by atoms with Gasteiger partial charge in [-0.25, -0.2) is 0 Å². The molecule has 0 unspecified atom stereocenters. The van der Waals surface area contributed by atoms with E-state index in [9.17, 15) is 9.90 Å². The molecular weight excluding hydrogens is 276 g/mol. The second kappa shape index (κ2) is 8.32. The summed E-state index contributed by atoms with van der Waals surface area (Å²) < 4.78 is 0. The van der Waals surface area contributed by atoms with Crippen LogP contribution in [0.1, 0.15) is 21.5 Å². The summed E-state index contributed by atoms with van der Waals surface area (Å²) in [5.41, 5.74) is 2.92. The van der Waals surface area contributed by atoms with Gasteiger partial charge < -0.3 is 10.4 Å². The van der Waals surface area contributed by atoms with Crippen molar-refractivity contribution in [1.82, 2.24) is 10.2 Å². The van der Waals surface area contributed by atoms with Gasteiger partial charge in [0.15, 0.2) is 0 Å². The van der Waals surface area contributed by atoms with E-state index in [0.717, 1.165) is 12.1 Å². The first-order valence-electron chi connectivity index (χ1n) is 7.41. The summed E-state index contributed by atoms with van der Waals surface area (Å²) in [4.78, 5) is 13.9. The van der Waals surface area contributed by atoms with E-state index >= 15 is 0 Å². The third-order valence-electron chi connectivity index (χ3n) is 3.49. The fourth-order valence-electron chi connectivity index (χ4n) is 2.41. The molecule has 0 aliphatic carbocycles. The smallest absolute Gasteiger partial charge is 0.251 e. The molecule has 0 heterocycles. The molecule has 0 spiro atoms. The first-order chi connectivity index (χ1) is 10.7. The average Bonchev–Trinajstić information content (AvgIpc) is 2.55. The third-order valence-corrected chi connectivity index (χ3v) is 3.49. The normalized spacial score (nSPS) is 10.7. The lowest BCUT2D eigenvalue weighted by Gasteiger charge is -2.21. The summed E-state index contributed by atoms with van der Waals surface area (Å²) in [5.74, 6) is -0.0846. The van der Waals surface area contributed by atoms with Gasteiger partial charge in [0, 0.05) is 32.2 Å². The largest absolute Gasteiger partial charge is 0.395 e. The standard InChI is InChI=1S/C18H22N2O2/c1-19-18(22)17-9-5-8-16(12-17)14-20(10-11-21)13-15-6-3-2-4-7-15/h2-9,12,21H,10-11,13-14H2,1H3,(H,19,22). The SMILES string of the molecule is CNC(=O)c1cccc(CN(CCO)Cc2ccccc2)c1. The molecular formula is C18H22N2O2. The van der Waals surface area contributed by atoms with Crippen LogP contribution in [0, 0.1) is 0 Å². The van der Waals surface area contributed by atoms with Gasteiger partial charge in [-0.1, -0.05) is 42.5 Å². The lowest BCUT2D eigenvalue weighted by molar-refractivity contribution is 0.0962. The van der Waals surface area contributed by atoms with Gasteiger partial charge in [0.2, 0.25) is 0 Å². The van der Waals surface area contributed by atoms with E-state index in [0.29, 0.717) is 18.7 Å². The number of amides is 1. The zero-order chi connectivity index (χ0) is 15.8. The van der Waals surface area contributed by atoms with Gasteiger partial charge >= 0.3 is 0 Å². The Bertz CT molecular complexity index is 599. The highest BCUT2D eigenvalue weighted by Gasteiger charge is 2.09. The van der Waals surface area contributed by atoms with Crippen LogP contribution in [0.2, 0.25) is 0 Å². The van der Waals surface area contributed by atoms with Gasteiger partial charge in [-0.15, -0.1) is 0 Å². The summed E-state index contributed by atoms with van der Waals surface area (Å²) in [6.07, 6.45) is 0. The number of hydrogen-bond acceptors (Lipinski definition) is 3. The van der Waals surface area contributed by atoms with Crippen LogP contribution in [0.5, 0.6) is 0 Å². The number of carbonyl (C=O) groups excluding carboxylic acids is 1. The monoisotopic (exact) mass is 298 g/mol. The molecule has 4 heteroatoms. The van der Waals surface area contributed by atoms with E-state index in [1.165, 1.54) is 5.56 Å². The highest BCUT2D eigenvalue weighted by molar-refractivity contribution is 5.94. The Morgan fingerprint density at radius 3 is 2.41 bits per heavy atom. The van der Waals surface area contributed by atoms with Crippen LogP contribution < -0.4 is 5.32 Å². The molecule has 0 atom stereocenters. The van der Waals surface area contributed by atoms with Crippen molar-refractivity contribution in [2.45, 2.75) is 13.1 Å². The van der Waals surface area contributed by atoms with Crippen molar-refractivity contribution in [3.05, 3.63) is 71.3 Å². The summed E-state index contributed by atoms with van der Waals surface area (Å²) in [6, 6.07) is 17.8. The van der Waals surface area contributed by atoms with Gasteiger partial charge in [-0.2, -0.15) is 0 Å². The number of benzene rings is 2. The minimum absolute atomic E-state index is 0.0846. The highest BCUT2D eigenvalue weighted by atomic mass is 16.3. The number of hydrogen-bond donors (Lipinski definition) is 2. The Morgan fingerprint density at radius 1 is 1.05 bits per heavy atom. The second-order valence-corrected chi connectivity index (χ2v) is 5.20. The first-order valence-corrected chi connectivity index (χ1v) is 7.41. The fourth-order valence-corrected chi connectivity index (χ4v) is 2.41. The van der Waals surface area contributed by atoms with Crippen LogP contribution in [-0.4, -0.2) is 36.1 Å². The predicted molar refractivity (Wildman–Crippen MR) is 87.5 cm³/mol. The van der Waals surface area contributed by atoms with Gasteiger partial charge in [-0.05, 0) is 23.3 Å². The van der Waals surface area contributed by atoms with E-state index in [1.54, 1.807) is 13.1 Å². The van der Waals surface area contributed by atoms with Crippen LogP contribution in [0.3, 0.4) is 0 Å². The second-order valence-electron chi connectivity index (χ2n) is 5.20. The molecule has 2 N–H and O–H groups in total. The molecule has 116 valence electrons. The van der Waals surface area contributed by atoms with Crippen molar-refractivity contribution in [3.8, 4) is 0 Å². The van der Waals surface area contributed by atoms with Crippen molar-refractivity contribution in [3.63, 3.8) is 0 Å². The Kier molecular flexibility index (Phi) is 6.13. The predicted octanol–water partition coefficient (Wildman–Crippen LogP) is 2.04. The molecule has 0 saturated heterocycles. The van der Waals surface area contributed by atoms with Crippen LogP contribution >= 0.6 is 0 Å². The molecule has 2 aromatic rings. The number of nitrogens with one attached hydrogen (secondary N) is 1. The summed E-state index contributed by atoms with van der Waals surface area (Å²) in [5, 5.41) is 11.9. The van der Waals surface area contributed by atoms with Gasteiger partial charge in [-0.3, -0.25) is 9.69 Å². The summed E-state index contributed by atoms with van der Waals surface area (Å²) in [7, 11) is 1.63. The molecule has 2 rings (SSSR count). The third kappa shape index (κ3) is 4.69. The lowest BCUT2D eigenvalue weighted by Crippen LogP contribution is -2.26. The fraction of sp³-hybridized carbons (Fsp3) is 0.278. The van der Waals surface area contributed by atoms with Gasteiger partial charge in [0.1, 0.15) is 0 Å². The summed E-state index contributed by atoms with van der Waals surface area (Å²) in [6.45, 7) is 2.17. The molecule has 0 fully saturated rings. The number of carbonyl (C=O) groups is 1. The Labute approximate surface area is 131 Å². The minimum atomic E-state index is -0.0846. The molecule has 0 bridgehead atoms. The van der Waals surface area contributed by atoms with Crippen molar-refractivity contribution in [2.24, 2.45) is 0 Å². The average molecular weight is 298 g/mol. The van der Waals surface area contributed by atoms with Gasteiger partial charge in [0.25, 0.3) is 5.91 Å². The molecule has 1 amide bonds. The van der Waals surface area contributed by atoms with Crippen LogP contribution in [-0.2, 0) is 13.1 Å². The minimum Gasteiger partial charge on any atom is -0.395 e. The zero-order valence-corrected chi connectivity index (χ0v) is 12.8. The molecule has 0 radical (unpaired) electrons. The molecule has 0 aromatic heterocycles. The van der Waals surface area contributed by atoms with E-state index in [4.69, 9.17) is 0 Å². The van der Waals surface area contributed by atoms with E-state index in [2.05, 4.69) is 22.3 Å². The van der Waals surface area contributed by atoms with Crippen molar-refractivity contribution in [1.29, 1.82) is 0 Å². The van der Waals surface area contributed by atoms with E-state index < -0.39 is 0 Å². The Morgan fingerprint density at radius 2 is 1.73 bits per heavy atom. The topological polar surface area (TPSA) is 52.6 Å². The Hall–Kier alpha value is -2.17. The molecule has 22 heavy (non-hydrogen) atoms. The quantitative estimate of drug-likeness (QED) is 0.822. The maximum absolute atomic E-state index is 11.7. The molecule has 2 aromatic carbocycles. The van der Waals surface area contributed by atoms with E-state index in [-0.39, 0.29) is 12.5 Å². The van der Waals surface area contributed by atoms with Crippen LogP contribution in [0.15, 0.2) is 54.6 Å². The molecule has 0 aliphatic rings. The molecule has 4 nitrogen and oxygen atoms in total. The first kappa shape index (κ1) is 16.2. The Balaban J connectivity index is 2.09.